The Labute approximate surface area is 98.3 Å². The molecule has 0 aromatic heterocycles. The molecule has 0 aliphatic carbocycles. The molecule has 1 aliphatic heterocycles. The van der Waals surface area contributed by atoms with Gasteiger partial charge in [0, 0.05) is 30.8 Å². The maximum atomic E-state index is 13.6. The molecular weight excluding hydrogens is 225 g/mol. The van der Waals surface area contributed by atoms with Crippen molar-refractivity contribution in [3.05, 3.63) is 29.6 Å². The molecule has 1 atom stereocenters. The maximum Gasteiger partial charge on any atom is 0.309 e. The van der Waals surface area contributed by atoms with E-state index in [2.05, 4.69) is 0 Å². The van der Waals surface area contributed by atoms with E-state index in [9.17, 15) is 9.18 Å². The minimum atomic E-state index is -0.806. The van der Waals surface area contributed by atoms with Gasteiger partial charge < -0.3 is 10.2 Å². The van der Waals surface area contributed by atoms with E-state index in [0.717, 1.165) is 6.07 Å². The van der Waals surface area contributed by atoms with Gasteiger partial charge in [-0.1, -0.05) is 6.07 Å². The standard InChI is InChI=1S/C12H14FNO3/c1-7(14-5-8(6-14)12(16)17)10-3-2-9(15)4-11(10)13/h2-4,7-8,15H,5-6H2,1H3,(H,16,17). The number of carbonyl (C=O) groups is 1. The van der Waals surface area contributed by atoms with E-state index >= 15 is 0 Å². The van der Waals surface area contributed by atoms with Gasteiger partial charge in [0.05, 0.1) is 5.92 Å². The molecule has 1 fully saturated rings. The third-order valence-electron chi connectivity index (χ3n) is 3.24. The van der Waals surface area contributed by atoms with Crippen LogP contribution in [0.4, 0.5) is 4.39 Å². The Hall–Kier alpha value is -1.62. The Balaban J connectivity index is 2.06. The highest BCUT2D eigenvalue weighted by Crippen LogP contribution is 2.30. The number of phenols is 1. The minimum Gasteiger partial charge on any atom is -0.508 e. The fraction of sp³-hybridized carbons (Fsp3) is 0.417. The Morgan fingerprint density at radius 3 is 2.71 bits per heavy atom. The summed E-state index contributed by atoms with van der Waals surface area (Å²) in [6, 6.07) is 3.86. The second kappa shape index (κ2) is 4.33. The number of carboxylic acid groups (broad SMARTS) is 1. The second-order valence-electron chi connectivity index (χ2n) is 4.37. The van der Waals surface area contributed by atoms with Crippen LogP contribution in [-0.4, -0.2) is 34.2 Å². The Bertz CT molecular complexity index is 443. The zero-order valence-electron chi connectivity index (χ0n) is 9.43. The monoisotopic (exact) mass is 239 g/mol. The van der Waals surface area contributed by atoms with E-state index in [4.69, 9.17) is 10.2 Å². The van der Waals surface area contributed by atoms with Crippen LogP contribution >= 0.6 is 0 Å². The van der Waals surface area contributed by atoms with Crippen LogP contribution in [0, 0.1) is 11.7 Å². The molecule has 1 aromatic carbocycles. The van der Waals surface area contributed by atoms with Crippen LogP contribution in [0.2, 0.25) is 0 Å². The van der Waals surface area contributed by atoms with Crippen LogP contribution in [0.15, 0.2) is 18.2 Å². The number of carboxylic acids is 1. The molecule has 1 saturated heterocycles. The van der Waals surface area contributed by atoms with Gasteiger partial charge in [0.1, 0.15) is 11.6 Å². The van der Waals surface area contributed by atoms with Gasteiger partial charge >= 0.3 is 5.97 Å². The van der Waals surface area contributed by atoms with Crippen molar-refractivity contribution in [2.45, 2.75) is 13.0 Å². The summed E-state index contributed by atoms with van der Waals surface area (Å²) in [6.07, 6.45) is 0. The smallest absolute Gasteiger partial charge is 0.309 e. The Morgan fingerprint density at radius 1 is 1.53 bits per heavy atom. The van der Waals surface area contributed by atoms with Crippen LogP contribution in [0.25, 0.3) is 0 Å². The molecule has 92 valence electrons. The first-order valence-corrected chi connectivity index (χ1v) is 5.44. The van der Waals surface area contributed by atoms with E-state index in [1.807, 2.05) is 11.8 Å². The number of benzene rings is 1. The van der Waals surface area contributed by atoms with Crippen LogP contribution in [-0.2, 0) is 4.79 Å². The highest BCUT2D eigenvalue weighted by Gasteiger charge is 2.36. The van der Waals surface area contributed by atoms with E-state index in [1.54, 1.807) is 0 Å². The molecule has 1 heterocycles. The Kier molecular flexibility index (Phi) is 3.02. The van der Waals surface area contributed by atoms with Crippen molar-refractivity contribution in [2.24, 2.45) is 5.92 Å². The highest BCUT2D eigenvalue weighted by atomic mass is 19.1. The van der Waals surface area contributed by atoms with Crippen molar-refractivity contribution < 1.29 is 19.4 Å². The fourth-order valence-electron chi connectivity index (χ4n) is 2.04. The van der Waals surface area contributed by atoms with E-state index in [0.29, 0.717) is 18.7 Å². The maximum absolute atomic E-state index is 13.6. The predicted octanol–water partition coefficient (Wildman–Crippen LogP) is 1.61. The molecule has 0 bridgehead atoms. The number of hydrogen-bond donors (Lipinski definition) is 2. The van der Waals surface area contributed by atoms with E-state index in [-0.39, 0.29) is 17.7 Å². The second-order valence-corrected chi connectivity index (χ2v) is 4.37. The lowest BCUT2D eigenvalue weighted by Gasteiger charge is -2.41. The number of aliphatic carboxylic acids is 1. The zero-order valence-corrected chi connectivity index (χ0v) is 9.43. The van der Waals surface area contributed by atoms with Crippen LogP contribution in [0.5, 0.6) is 5.75 Å². The molecule has 5 heteroatoms. The van der Waals surface area contributed by atoms with Gasteiger partial charge in [0.2, 0.25) is 0 Å². The van der Waals surface area contributed by atoms with Crippen molar-refractivity contribution >= 4 is 5.97 Å². The number of likely N-dealkylation sites (tertiary alicyclic amines) is 1. The first-order valence-electron chi connectivity index (χ1n) is 5.44. The minimum absolute atomic E-state index is 0.106. The molecule has 2 rings (SSSR count). The van der Waals surface area contributed by atoms with E-state index < -0.39 is 11.8 Å². The molecule has 0 radical (unpaired) electrons. The zero-order chi connectivity index (χ0) is 12.6. The first kappa shape index (κ1) is 11.9. The lowest BCUT2D eigenvalue weighted by molar-refractivity contribution is -0.148. The Morgan fingerprint density at radius 2 is 2.18 bits per heavy atom. The largest absolute Gasteiger partial charge is 0.508 e. The summed E-state index contributed by atoms with van der Waals surface area (Å²) < 4.78 is 13.6. The SMILES string of the molecule is CC(c1ccc(O)cc1F)N1CC(C(=O)O)C1. The number of phenolic OH excluding ortho intramolecular Hbond substituents is 1. The normalized spacial score (nSPS) is 18.7. The van der Waals surface area contributed by atoms with Gasteiger partial charge in [-0.05, 0) is 13.0 Å². The molecule has 1 aromatic rings. The molecule has 1 aliphatic rings. The number of rotatable bonds is 3. The molecule has 17 heavy (non-hydrogen) atoms. The van der Waals surface area contributed by atoms with Gasteiger partial charge in [-0.2, -0.15) is 0 Å². The summed E-state index contributed by atoms with van der Waals surface area (Å²) in [5.41, 5.74) is 0.478. The summed E-state index contributed by atoms with van der Waals surface area (Å²) in [7, 11) is 0. The lowest BCUT2D eigenvalue weighted by Crippen LogP contribution is -2.51. The summed E-state index contributed by atoms with van der Waals surface area (Å²) in [4.78, 5) is 12.6. The van der Waals surface area contributed by atoms with Crippen molar-refractivity contribution in [1.29, 1.82) is 0 Å². The third-order valence-corrected chi connectivity index (χ3v) is 3.24. The van der Waals surface area contributed by atoms with Crippen molar-refractivity contribution in [1.82, 2.24) is 4.90 Å². The lowest BCUT2D eigenvalue weighted by atomic mass is 9.95. The van der Waals surface area contributed by atoms with Crippen molar-refractivity contribution in [2.75, 3.05) is 13.1 Å². The van der Waals surface area contributed by atoms with Crippen LogP contribution < -0.4 is 0 Å². The topological polar surface area (TPSA) is 60.8 Å². The fourth-order valence-corrected chi connectivity index (χ4v) is 2.04. The van der Waals surface area contributed by atoms with Gasteiger partial charge in [0.15, 0.2) is 0 Å². The first-order chi connectivity index (χ1) is 7.99. The third kappa shape index (κ3) is 2.24. The number of hydrogen-bond acceptors (Lipinski definition) is 3. The number of aromatic hydroxyl groups is 1. The van der Waals surface area contributed by atoms with Crippen LogP contribution in [0.1, 0.15) is 18.5 Å². The van der Waals surface area contributed by atoms with Gasteiger partial charge in [-0.15, -0.1) is 0 Å². The van der Waals surface area contributed by atoms with Gasteiger partial charge in [-0.3, -0.25) is 9.69 Å². The predicted molar refractivity (Wildman–Crippen MR) is 59.2 cm³/mol. The van der Waals surface area contributed by atoms with Crippen LogP contribution in [0.3, 0.4) is 0 Å². The summed E-state index contributed by atoms with van der Waals surface area (Å²) in [5.74, 6) is -1.72. The number of nitrogens with zero attached hydrogens (tertiary/aromatic N) is 1. The highest BCUT2D eigenvalue weighted by molar-refractivity contribution is 5.71. The summed E-state index contributed by atoms with van der Waals surface area (Å²) in [6.45, 7) is 2.71. The molecule has 0 saturated carbocycles. The quantitative estimate of drug-likeness (QED) is 0.841. The summed E-state index contributed by atoms with van der Waals surface area (Å²) >= 11 is 0. The molecule has 0 spiro atoms. The van der Waals surface area contributed by atoms with Crippen molar-refractivity contribution in [3.8, 4) is 5.75 Å². The summed E-state index contributed by atoms with van der Waals surface area (Å²) in [5, 5.41) is 17.9. The average Bonchev–Trinajstić information content (AvgIpc) is 2.13. The van der Waals surface area contributed by atoms with Gasteiger partial charge in [-0.25, -0.2) is 4.39 Å². The molecular formula is C12H14FNO3. The van der Waals surface area contributed by atoms with Crippen molar-refractivity contribution in [3.63, 3.8) is 0 Å². The number of halogens is 1. The average molecular weight is 239 g/mol. The molecule has 2 N–H and O–H groups in total. The molecule has 4 nitrogen and oxygen atoms in total. The van der Waals surface area contributed by atoms with Gasteiger partial charge in [0.25, 0.3) is 0 Å². The molecule has 1 unspecified atom stereocenters. The molecule has 0 amide bonds. The van der Waals surface area contributed by atoms with E-state index in [1.165, 1.54) is 12.1 Å².